The van der Waals surface area contributed by atoms with E-state index in [0.29, 0.717) is 17.8 Å². The number of rotatable bonds is 9. The molecule has 0 aliphatic heterocycles. The van der Waals surface area contributed by atoms with E-state index in [1.54, 1.807) is 18.5 Å². The topological polar surface area (TPSA) is 69.9 Å². The molecule has 25 heavy (non-hydrogen) atoms. The highest BCUT2D eigenvalue weighted by Gasteiger charge is 2.17. The second-order valence-corrected chi connectivity index (χ2v) is 6.33. The highest BCUT2D eigenvalue weighted by molar-refractivity contribution is 6.39. The van der Waals surface area contributed by atoms with Crippen LogP contribution in [0.25, 0.3) is 11.3 Å². The number of halogens is 1. The Morgan fingerprint density at radius 1 is 1.28 bits per heavy atom. The number of aromatic nitrogens is 4. The standard InChI is InChI=1S/C16H21B2FN4O2/c1-2-3-4-5-8-23-14(24)7-6-13(22-23)12-9-20-15(21-10-12)25-11-16(17,18)19/h2,6-7,9-10H,1,3-5,8,11,17-18H2. The Hall–Kier alpha value is -2.44. The van der Waals surface area contributed by atoms with Crippen LogP contribution in [0.3, 0.4) is 0 Å². The van der Waals surface area contributed by atoms with E-state index < -0.39 is 5.47 Å². The van der Waals surface area contributed by atoms with Crippen LogP contribution in [0, 0.1) is 0 Å². The first-order valence-corrected chi connectivity index (χ1v) is 8.22. The number of alkyl halides is 1. The van der Waals surface area contributed by atoms with Gasteiger partial charge in [-0.2, -0.15) is 5.10 Å². The van der Waals surface area contributed by atoms with E-state index in [4.69, 9.17) is 4.74 Å². The van der Waals surface area contributed by atoms with Gasteiger partial charge in [-0.3, -0.25) is 9.18 Å². The molecule has 0 aliphatic carbocycles. The average molecular weight is 342 g/mol. The van der Waals surface area contributed by atoms with Crippen molar-refractivity contribution in [1.29, 1.82) is 0 Å². The molecule has 0 radical (unpaired) electrons. The number of unbranched alkanes of at least 4 members (excludes halogenated alkanes) is 2. The summed E-state index contributed by atoms with van der Waals surface area (Å²) >= 11 is 0. The number of hydrogen-bond donors (Lipinski definition) is 0. The van der Waals surface area contributed by atoms with Gasteiger partial charge in [0.15, 0.2) is 0 Å². The van der Waals surface area contributed by atoms with Crippen LogP contribution in [-0.4, -0.2) is 47.5 Å². The number of nitrogens with zero attached hydrogens (tertiary/aromatic N) is 4. The molecule has 0 fully saturated rings. The van der Waals surface area contributed by atoms with Crippen molar-refractivity contribution in [2.45, 2.75) is 31.3 Å². The third kappa shape index (κ3) is 6.17. The molecule has 0 aliphatic rings. The maximum Gasteiger partial charge on any atom is 0.316 e. The second kappa shape index (κ2) is 8.60. The van der Waals surface area contributed by atoms with Gasteiger partial charge in [0.05, 0.1) is 11.2 Å². The molecule has 6 nitrogen and oxygen atoms in total. The van der Waals surface area contributed by atoms with Crippen molar-refractivity contribution >= 4 is 15.7 Å². The normalized spacial score (nSPS) is 11.2. The maximum atomic E-state index is 13.4. The van der Waals surface area contributed by atoms with Gasteiger partial charge in [-0.05, 0) is 25.3 Å². The first-order valence-electron chi connectivity index (χ1n) is 8.22. The molecule has 0 N–H and O–H groups in total. The highest BCUT2D eigenvalue weighted by Crippen LogP contribution is 2.15. The first kappa shape index (κ1) is 18.9. The fourth-order valence-corrected chi connectivity index (χ4v) is 2.07. The van der Waals surface area contributed by atoms with Gasteiger partial charge in [0.1, 0.15) is 22.3 Å². The monoisotopic (exact) mass is 342 g/mol. The van der Waals surface area contributed by atoms with Crippen molar-refractivity contribution in [2.75, 3.05) is 6.61 Å². The lowest BCUT2D eigenvalue weighted by Crippen LogP contribution is -2.32. The van der Waals surface area contributed by atoms with Crippen LogP contribution >= 0.6 is 0 Å². The lowest BCUT2D eigenvalue weighted by molar-refractivity contribution is 0.209. The molecule has 2 aromatic heterocycles. The molecule has 0 unspecified atom stereocenters. The zero-order valence-electron chi connectivity index (χ0n) is 14.6. The molecule has 0 aromatic carbocycles. The summed E-state index contributed by atoms with van der Waals surface area (Å²) in [6.45, 7) is 4.11. The van der Waals surface area contributed by atoms with Crippen LogP contribution in [0.1, 0.15) is 19.3 Å². The lowest BCUT2D eigenvalue weighted by atomic mass is 9.68. The zero-order valence-corrected chi connectivity index (χ0v) is 14.6. The predicted octanol–water partition coefficient (Wildman–Crippen LogP) is 0.325. The predicted molar refractivity (Wildman–Crippen MR) is 100.0 cm³/mol. The zero-order chi connectivity index (χ0) is 18.3. The summed E-state index contributed by atoms with van der Waals surface area (Å²) in [5.41, 5.74) is -0.342. The largest absolute Gasteiger partial charge is 0.462 e. The van der Waals surface area contributed by atoms with Crippen molar-refractivity contribution in [3.05, 3.63) is 47.5 Å². The van der Waals surface area contributed by atoms with Crippen molar-refractivity contribution in [3.8, 4) is 17.3 Å². The number of hydrogen-bond acceptors (Lipinski definition) is 5. The Kier molecular flexibility index (Phi) is 6.50. The molecular weight excluding hydrogens is 321 g/mol. The Labute approximate surface area is 148 Å². The van der Waals surface area contributed by atoms with E-state index in [-0.39, 0.29) is 18.2 Å². The van der Waals surface area contributed by atoms with E-state index in [1.165, 1.54) is 26.4 Å². The highest BCUT2D eigenvalue weighted by atomic mass is 19.1. The van der Waals surface area contributed by atoms with Crippen LogP contribution in [0.15, 0.2) is 42.0 Å². The summed E-state index contributed by atoms with van der Waals surface area (Å²) in [7, 11) is 2.84. The van der Waals surface area contributed by atoms with E-state index in [2.05, 4.69) is 21.6 Å². The molecule has 9 heteroatoms. The number of ether oxygens (including phenoxy) is 1. The summed E-state index contributed by atoms with van der Waals surface area (Å²) < 4.78 is 20.1. The molecule has 0 amide bonds. The van der Waals surface area contributed by atoms with E-state index in [1.807, 2.05) is 6.08 Å². The fraction of sp³-hybridized carbons (Fsp3) is 0.375. The first-order chi connectivity index (χ1) is 11.9. The molecule has 2 heterocycles. The number of aryl methyl sites for hydroxylation is 1. The van der Waals surface area contributed by atoms with Crippen molar-refractivity contribution in [2.24, 2.45) is 0 Å². The molecule has 130 valence electrons. The number of allylic oxidation sites excluding steroid dienone is 1. The summed E-state index contributed by atoms with van der Waals surface area (Å²) in [5.74, 6) is 0. The summed E-state index contributed by atoms with van der Waals surface area (Å²) in [4.78, 5) is 20.0. The van der Waals surface area contributed by atoms with Gasteiger partial charge in [-0.15, -0.1) is 6.58 Å². The third-order valence-corrected chi connectivity index (χ3v) is 3.36. The van der Waals surface area contributed by atoms with Gasteiger partial charge >= 0.3 is 6.01 Å². The van der Waals surface area contributed by atoms with Gasteiger partial charge in [-0.1, -0.05) is 6.08 Å². The Morgan fingerprint density at radius 2 is 2.00 bits per heavy atom. The van der Waals surface area contributed by atoms with Gasteiger partial charge in [0.2, 0.25) is 0 Å². The van der Waals surface area contributed by atoms with Crippen LogP contribution in [0.5, 0.6) is 6.01 Å². The molecule has 0 spiro atoms. The van der Waals surface area contributed by atoms with Crippen LogP contribution in [0.2, 0.25) is 0 Å². The molecule has 0 saturated heterocycles. The van der Waals surface area contributed by atoms with Gasteiger partial charge in [0, 0.05) is 30.6 Å². The van der Waals surface area contributed by atoms with E-state index >= 15 is 0 Å². The molecule has 0 atom stereocenters. The Bertz CT molecular complexity index is 760. The minimum absolute atomic E-state index is 0.104. The summed E-state index contributed by atoms with van der Waals surface area (Å²) in [6.07, 6.45) is 7.68. The lowest BCUT2D eigenvalue weighted by Gasteiger charge is -2.14. The minimum atomic E-state index is -1.45. The minimum Gasteiger partial charge on any atom is -0.462 e. The van der Waals surface area contributed by atoms with Crippen molar-refractivity contribution < 1.29 is 9.13 Å². The average Bonchev–Trinajstić information content (AvgIpc) is 2.58. The van der Waals surface area contributed by atoms with Crippen LogP contribution in [-0.2, 0) is 6.54 Å². The summed E-state index contributed by atoms with van der Waals surface area (Å²) in [5, 5.41) is 4.35. The molecular formula is C16H21B2FN4O2. The smallest absolute Gasteiger partial charge is 0.316 e. The van der Waals surface area contributed by atoms with E-state index in [9.17, 15) is 9.18 Å². The van der Waals surface area contributed by atoms with Crippen LogP contribution < -0.4 is 10.3 Å². The van der Waals surface area contributed by atoms with Gasteiger partial charge in [0.25, 0.3) is 5.56 Å². The fourth-order valence-electron chi connectivity index (χ4n) is 2.07. The molecule has 0 bridgehead atoms. The van der Waals surface area contributed by atoms with Crippen molar-refractivity contribution in [1.82, 2.24) is 19.7 Å². The Morgan fingerprint density at radius 3 is 2.64 bits per heavy atom. The maximum absolute atomic E-state index is 13.4. The SMILES string of the molecule is BC(B)(F)COc1ncc(-c2ccc(=O)n(CCCCC=C)n2)cn1. The molecule has 2 rings (SSSR count). The molecule has 2 aromatic rings. The molecule has 0 saturated carbocycles. The van der Waals surface area contributed by atoms with Gasteiger partial charge < -0.3 is 4.74 Å². The second-order valence-electron chi connectivity index (χ2n) is 6.33. The Balaban J connectivity index is 2.07. The summed E-state index contributed by atoms with van der Waals surface area (Å²) in [6, 6.07) is 3.21. The van der Waals surface area contributed by atoms with E-state index in [0.717, 1.165) is 19.3 Å². The van der Waals surface area contributed by atoms with Crippen molar-refractivity contribution in [3.63, 3.8) is 0 Å². The van der Waals surface area contributed by atoms with Crippen LogP contribution in [0.4, 0.5) is 4.39 Å². The van der Waals surface area contributed by atoms with Gasteiger partial charge in [-0.25, -0.2) is 14.6 Å². The quantitative estimate of drug-likeness (QED) is 0.373. The third-order valence-electron chi connectivity index (χ3n) is 3.36.